The number of rotatable bonds is 6. The van der Waals surface area contributed by atoms with E-state index in [-0.39, 0.29) is 5.69 Å². The highest BCUT2D eigenvalue weighted by Crippen LogP contribution is 2.26. The highest BCUT2D eigenvalue weighted by molar-refractivity contribution is 5.48. The number of hydrogen-bond donors (Lipinski definition) is 1. The number of nitro benzene ring substituents is 1. The van der Waals surface area contributed by atoms with E-state index in [0.29, 0.717) is 17.9 Å². The first-order valence-corrected chi connectivity index (χ1v) is 5.18. The molecule has 0 bridgehead atoms. The molecule has 5 nitrogen and oxygen atoms in total. The number of nitrogens with zero attached hydrogens (tertiary/aromatic N) is 1. The maximum atomic E-state index is 10.7. The van der Waals surface area contributed by atoms with Crippen molar-refractivity contribution >= 4 is 5.69 Å². The van der Waals surface area contributed by atoms with Crippen LogP contribution in [0, 0.1) is 17.0 Å². The SMILES string of the molecule is CNCCCOc1cccc([N+](=O)[O-])c1C. The smallest absolute Gasteiger partial charge is 0.276 e. The van der Waals surface area contributed by atoms with E-state index in [2.05, 4.69) is 5.32 Å². The minimum atomic E-state index is -0.393. The zero-order valence-electron chi connectivity index (χ0n) is 9.53. The van der Waals surface area contributed by atoms with Crippen molar-refractivity contribution in [3.63, 3.8) is 0 Å². The van der Waals surface area contributed by atoms with Gasteiger partial charge in [-0.3, -0.25) is 10.1 Å². The lowest BCUT2D eigenvalue weighted by molar-refractivity contribution is -0.385. The average Bonchev–Trinajstić information content (AvgIpc) is 2.26. The van der Waals surface area contributed by atoms with Gasteiger partial charge in [0.05, 0.1) is 17.1 Å². The molecule has 1 rings (SSSR count). The van der Waals surface area contributed by atoms with E-state index in [1.54, 1.807) is 19.1 Å². The molecule has 0 aliphatic carbocycles. The Bertz CT molecular complexity index is 366. The van der Waals surface area contributed by atoms with Gasteiger partial charge in [-0.05, 0) is 33.0 Å². The van der Waals surface area contributed by atoms with Crippen LogP contribution >= 0.6 is 0 Å². The van der Waals surface area contributed by atoms with E-state index in [4.69, 9.17) is 4.74 Å². The van der Waals surface area contributed by atoms with Gasteiger partial charge in [-0.1, -0.05) is 6.07 Å². The molecule has 5 heteroatoms. The van der Waals surface area contributed by atoms with Crippen LogP contribution in [0.2, 0.25) is 0 Å². The van der Waals surface area contributed by atoms with Gasteiger partial charge in [0.1, 0.15) is 5.75 Å². The highest BCUT2D eigenvalue weighted by Gasteiger charge is 2.13. The predicted molar refractivity (Wildman–Crippen MR) is 61.9 cm³/mol. The van der Waals surface area contributed by atoms with E-state index in [1.165, 1.54) is 6.07 Å². The molecule has 1 aromatic rings. The van der Waals surface area contributed by atoms with Crippen molar-refractivity contribution in [2.75, 3.05) is 20.2 Å². The zero-order chi connectivity index (χ0) is 12.0. The van der Waals surface area contributed by atoms with Gasteiger partial charge in [0, 0.05) is 6.07 Å². The summed E-state index contributed by atoms with van der Waals surface area (Å²) in [6.07, 6.45) is 0.874. The van der Waals surface area contributed by atoms with Gasteiger partial charge in [0.25, 0.3) is 5.69 Å². The Kier molecular flexibility index (Phi) is 4.72. The van der Waals surface area contributed by atoms with E-state index in [9.17, 15) is 10.1 Å². The third-order valence-electron chi connectivity index (χ3n) is 2.28. The van der Waals surface area contributed by atoms with Gasteiger partial charge in [-0.15, -0.1) is 0 Å². The molecule has 0 aliphatic heterocycles. The Labute approximate surface area is 94.6 Å². The quantitative estimate of drug-likeness (QED) is 0.455. The van der Waals surface area contributed by atoms with Gasteiger partial charge in [-0.2, -0.15) is 0 Å². The fraction of sp³-hybridized carbons (Fsp3) is 0.455. The summed E-state index contributed by atoms with van der Waals surface area (Å²) in [7, 11) is 1.87. The lowest BCUT2D eigenvalue weighted by atomic mass is 10.2. The Hall–Kier alpha value is -1.62. The first-order valence-electron chi connectivity index (χ1n) is 5.18. The molecular formula is C11H16N2O3. The predicted octanol–water partition coefficient (Wildman–Crippen LogP) is 1.89. The van der Waals surface area contributed by atoms with Crippen LogP contribution in [0.3, 0.4) is 0 Å². The van der Waals surface area contributed by atoms with Crippen LogP contribution < -0.4 is 10.1 Å². The molecule has 1 aromatic carbocycles. The lowest BCUT2D eigenvalue weighted by Gasteiger charge is -2.08. The average molecular weight is 224 g/mol. The number of benzene rings is 1. The van der Waals surface area contributed by atoms with Crippen molar-refractivity contribution in [1.82, 2.24) is 5.32 Å². The summed E-state index contributed by atoms with van der Waals surface area (Å²) >= 11 is 0. The molecule has 88 valence electrons. The normalized spacial score (nSPS) is 10.1. The third kappa shape index (κ3) is 3.20. The molecule has 0 saturated carbocycles. The largest absolute Gasteiger partial charge is 0.493 e. The molecule has 0 heterocycles. The molecular weight excluding hydrogens is 208 g/mol. The topological polar surface area (TPSA) is 64.4 Å². The van der Waals surface area contributed by atoms with Crippen LogP contribution in [0.15, 0.2) is 18.2 Å². The monoisotopic (exact) mass is 224 g/mol. The first-order chi connectivity index (χ1) is 7.66. The fourth-order valence-electron chi connectivity index (χ4n) is 1.39. The molecule has 0 aromatic heterocycles. The molecule has 0 unspecified atom stereocenters. The number of ether oxygens (including phenoxy) is 1. The Morgan fingerprint density at radius 1 is 1.50 bits per heavy atom. The maximum absolute atomic E-state index is 10.7. The molecule has 0 saturated heterocycles. The maximum Gasteiger partial charge on any atom is 0.276 e. The van der Waals surface area contributed by atoms with Crippen LogP contribution in [0.4, 0.5) is 5.69 Å². The number of hydrogen-bond acceptors (Lipinski definition) is 4. The summed E-state index contributed by atoms with van der Waals surface area (Å²) < 4.78 is 5.49. The summed E-state index contributed by atoms with van der Waals surface area (Å²) in [5, 5.41) is 13.7. The van der Waals surface area contributed by atoms with Gasteiger partial charge < -0.3 is 10.1 Å². The van der Waals surface area contributed by atoms with Gasteiger partial charge in [-0.25, -0.2) is 0 Å². The van der Waals surface area contributed by atoms with Gasteiger partial charge in [0.15, 0.2) is 0 Å². The molecule has 0 radical (unpaired) electrons. The zero-order valence-corrected chi connectivity index (χ0v) is 9.53. The van der Waals surface area contributed by atoms with Crippen molar-refractivity contribution in [2.24, 2.45) is 0 Å². The van der Waals surface area contributed by atoms with Crippen LogP contribution in [0.1, 0.15) is 12.0 Å². The van der Waals surface area contributed by atoms with Crippen LogP contribution in [-0.2, 0) is 0 Å². The molecule has 0 spiro atoms. The van der Waals surface area contributed by atoms with E-state index in [0.717, 1.165) is 13.0 Å². The number of nitro groups is 1. The summed E-state index contributed by atoms with van der Waals surface area (Å²) in [5.41, 5.74) is 0.683. The van der Waals surface area contributed by atoms with Gasteiger partial charge >= 0.3 is 0 Å². The lowest BCUT2D eigenvalue weighted by Crippen LogP contribution is -2.11. The first kappa shape index (κ1) is 12.4. The summed E-state index contributed by atoms with van der Waals surface area (Å²) in [6.45, 7) is 3.13. The van der Waals surface area contributed by atoms with Crippen LogP contribution in [0.25, 0.3) is 0 Å². The van der Waals surface area contributed by atoms with Crippen LogP contribution in [-0.4, -0.2) is 25.1 Å². The van der Waals surface area contributed by atoms with E-state index < -0.39 is 4.92 Å². The summed E-state index contributed by atoms with van der Waals surface area (Å²) in [4.78, 5) is 10.3. The fourth-order valence-corrected chi connectivity index (χ4v) is 1.39. The molecule has 1 N–H and O–H groups in total. The van der Waals surface area contributed by atoms with Crippen molar-refractivity contribution < 1.29 is 9.66 Å². The Morgan fingerprint density at radius 2 is 2.25 bits per heavy atom. The third-order valence-corrected chi connectivity index (χ3v) is 2.28. The van der Waals surface area contributed by atoms with Crippen molar-refractivity contribution in [1.29, 1.82) is 0 Å². The number of nitrogens with one attached hydrogen (secondary N) is 1. The minimum absolute atomic E-state index is 0.103. The van der Waals surface area contributed by atoms with Crippen molar-refractivity contribution in [3.05, 3.63) is 33.9 Å². The molecule has 0 fully saturated rings. The van der Waals surface area contributed by atoms with Crippen LogP contribution in [0.5, 0.6) is 5.75 Å². The van der Waals surface area contributed by atoms with E-state index >= 15 is 0 Å². The van der Waals surface area contributed by atoms with Crippen molar-refractivity contribution in [2.45, 2.75) is 13.3 Å². The van der Waals surface area contributed by atoms with Crippen molar-refractivity contribution in [3.8, 4) is 5.75 Å². The molecule has 16 heavy (non-hydrogen) atoms. The standard InChI is InChI=1S/C11H16N2O3/c1-9-10(13(14)15)5-3-6-11(9)16-8-4-7-12-2/h3,5-6,12H,4,7-8H2,1-2H3. The van der Waals surface area contributed by atoms with Gasteiger partial charge in [0.2, 0.25) is 0 Å². The van der Waals surface area contributed by atoms with E-state index in [1.807, 2.05) is 7.05 Å². The molecule has 0 aliphatic rings. The summed E-state index contributed by atoms with van der Waals surface area (Å²) in [5.74, 6) is 0.588. The molecule has 0 atom stereocenters. The summed E-state index contributed by atoms with van der Waals surface area (Å²) in [6, 6.07) is 4.87. The second-order valence-corrected chi connectivity index (χ2v) is 3.46. The second-order valence-electron chi connectivity index (χ2n) is 3.46. The Balaban J connectivity index is 2.66. The minimum Gasteiger partial charge on any atom is -0.493 e. The second kappa shape index (κ2) is 6.07. The Morgan fingerprint density at radius 3 is 2.88 bits per heavy atom. The highest BCUT2D eigenvalue weighted by atomic mass is 16.6. The molecule has 0 amide bonds.